The summed E-state index contributed by atoms with van der Waals surface area (Å²) >= 11 is -2.24. The molecule has 0 heterocycles. The first-order valence-corrected chi connectivity index (χ1v) is 21.1. The summed E-state index contributed by atoms with van der Waals surface area (Å²) in [6.07, 6.45) is 0. The molecule has 0 N–H and O–H groups in total. The number of halogens is 3. The van der Waals surface area contributed by atoms with Crippen LogP contribution in [0.15, 0.2) is 34.3 Å². The van der Waals surface area contributed by atoms with Crippen LogP contribution in [0.5, 0.6) is 0 Å². The van der Waals surface area contributed by atoms with E-state index in [4.69, 9.17) is 27.4 Å². The molecular weight excluding hydrogens is 543 g/mol. The van der Waals surface area contributed by atoms with Crippen LogP contribution in [0, 0.1) is 71.5 Å². The molecule has 0 fully saturated rings. The number of hydrogen-bond acceptors (Lipinski definition) is 2. The summed E-state index contributed by atoms with van der Waals surface area (Å²) in [6.45, 7) is 16.8. The molecule has 0 saturated heterocycles. The van der Waals surface area contributed by atoms with Gasteiger partial charge in [-0.3, -0.25) is 9.98 Å². The van der Waals surface area contributed by atoms with Gasteiger partial charge in [-0.25, -0.2) is 0 Å². The standard InChI is InChI=1S/C22H28N2.3ClH.Nd/c1-13-9-15(3)21(16(4)10-13)23-19(7)20(8)24-22-17(5)11-14(2)12-18(22)6;;;;/h9-12H,1-8H3;3*1H;/q;;;;+3/p-3. The maximum atomic E-state index is 5.02. The number of aliphatic imine (C=N–C) groups is 2. The summed E-state index contributed by atoms with van der Waals surface area (Å²) in [7, 11) is 0. The van der Waals surface area contributed by atoms with Crippen molar-refractivity contribution in [3.05, 3.63) is 57.6 Å². The van der Waals surface area contributed by atoms with Crippen molar-refractivity contribution >= 4 is 40.2 Å². The zero-order valence-electron chi connectivity index (χ0n) is 17.8. The second-order valence-corrected chi connectivity index (χ2v) is 21.2. The van der Waals surface area contributed by atoms with E-state index < -0.39 is 29.9 Å². The molecule has 0 unspecified atom stereocenters. The molecule has 0 aliphatic rings. The van der Waals surface area contributed by atoms with Crippen molar-refractivity contribution < 1.29 is 29.9 Å². The SMILES string of the molecule is CC(=Nc1c(C)cc(C)cc1C)C(C)=Nc1c(C)cc(C)cc1C.[Cl][Nd]([Cl])[Cl]. The van der Waals surface area contributed by atoms with Gasteiger partial charge < -0.3 is 0 Å². The molecule has 6 heteroatoms. The zero-order chi connectivity index (χ0) is 21.6. The Kier molecular flexibility index (Phi) is 11.2. The van der Waals surface area contributed by atoms with E-state index in [0.29, 0.717) is 0 Å². The fourth-order valence-corrected chi connectivity index (χ4v) is 3.19. The Labute approximate surface area is 191 Å². The van der Waals surface area contributed by atoms with E-state index in [-0.39, 0.29) is 0 Å². The van der Waals surface area contributed by atoms with Crippen molar-refractivity contribution in [2.75, 3.05) is 0 Å². The molecule has 0 atom stereocenters. The van der Waals surface area contributed by atoms with Crippen LogP contribution in [0.3, 0.4) is 0 Å². The van der Waals surface area contributed by atoms with Crippen molar-refractivity contribution in [1.82, 2.24) is 0 Å². The Bertz CT molecular complexity index is 782. The molecule has 2 rings (SSSR count). The van der Waals surface area contributed by atoms with Crippen LogP contribution in [-0.2, 0) is 0 Å². The molecule has 0 aliphatic carbocycles. The van der Waals surface area contributed by atoms with E-state index in [1.165, 1.54) is 33.4 Å². The summed E-state index contributed by atoms with van der Waals surface area (Å²) in [5.74, 6) is 15.1. The normalized spacial score (nSPS) is 11.8. The predicted octanol–water partition coefficient (Wildman–Crippen LogP) is 8.49. The second kappa shape index (κ2) is 12.0. The molecule has 2 nitrogen and oxygen atoms in total. The molecule has 28 heavy (non-hydrogen) atoms. The Balaban J connectivity index is 0.000000892. The third kappa shape index (κ3) is 8.39. The van der Waals surface area contributed by atoms with Crippen LogP contribution in [0.1, 0.15) is 47.2 Å². The van der Waals surface area contributed by atoms with E-state index in [1.54, 1.807) is 0 Å². The quantitative estimate of drug-likeness (QED) is 0.331. The fourth-order valence-electron chi connectivity index (χ4n) is 3.19. The Morgan fingerprint density at radius 3 is 1.04 bits per heavy atom. The third-order valence-corrected chi connectivity index (χ3v) is 4.35. The molecule has 0 radical (unpaired) electrons. The van der Waals surface area contributed by atoms with Gasteiger partial charge >= 0.3 is 47.3 Å². The monoisotopic (exact) mass is 567 g/mol. The van der Waals surface area contributed by atoms with E-state index >= 15 is 0 Å². The van der Waals surface area contributed by atoms with Crippen molar-refractivity contribution in [2.24, 2.45) is 9.98 Å². The molecule has 151 valence electrons. The summed E-state index contributed by atoms with van der Waals surface area (Å²) in [4.78, 5) is 9.72. The van der Waals surface area contributed by atoms with Crippen LogP contribution in [0.2, 0.25) is 0 Å². The number of nitrogens with zero attached hydrogens (tertiary/aromatic N) is 2. The third-order valence-electron chi connectivity index (χ3n) is 4.35. The van der Waals surface area contributed by atoms with Gasteiger partial charge in [0, 0.05) is 0 Å². The number of aryl methyl sites for hydroxylation is 6. The molecule has 0 amide bonds. The van der Waals surface area contributed by atoms with Crippen molar-refractivity contribution in [1.29, 1.82) is 0 Å². The first kappa shape index (κ1) is 26.0. The van der Waals surface area contributed by atoms with Crippen molar-refractivity contribution in [2.45, 2.75) is 55.4 Å². The molecule has 0 aromatic heterocycles. The number of benzene rings is 2. The Morgan fingerprint density at radius 2 is 0.821 bits per heavy atom. The first-order chi connectivity index (χ1) is 12.9. The minimum absolute atomic E-state index is 0.962. The average molecular weight is 571 g/mol. The first-order valence-electron chi connectivity index (χ1n) is 9.02. The van der Waals surface area contributed by atoms with E-state index in [1.807, 2.05) is 13.8 Å². The number of hydrogen-bond donors (Lipinski definition) is 0. The van der Waals surface area contributed by atoms with Crippen LogP contribution in [0.25, 0.3) is 0 Å². The Morgan fingerprint density at radius 1 is 0.607 bits per heavy atom. The molecular formula is C22H28Cl3N2Nd. The second-order valence-electron chi connectivity index (χ2n) is 7.10. The van der Waals surface area contributed by atoms with Crippen LogP contribution in [-0.4, -0.2) is 11.4 Å². The maximum absolute atomic E-state index is 5.02. The minimum atomic E-state index is -2.24. The van der Waals surface area contributed by atoms with E-state index in [0.717, 1.165) is 22.8 Å². The van der Waals surface area contributed by atoms with E-state index in [9.17, 15) is 0 Å². The summed E-state index contributed by atoms with van der Waals surface area (Å²) in [5.41, 5.74) is 11.4. The van der Waals surface area contributed by atoms with Gasteiger partial charge in [-0.15, -0.1) is 0 Å². The summed E-state index contributed by atoms with van der Waals surface area (Å²) in [5, 5.41) is 0. The van der Waals surface area contributed by atoms with Gasteiger partial charge in [0.05, 0.1) is 22.8 Å². The van der Waals surface area contributed by atoms with Gasteiger partial charge in [0.2, 0.25) is 0 Å². The fraction of sp³-hybridized carbons (Fsp3) is 0.364. The van der Waals surface area contributed by atoms with Gasteiger partial charge in [0.1, 0.15) is 0 Å². The van der Waals surface area contributed by atoms with Gasteiger partial charge in [0.25, 0.3) is 0 Å². The van der Waals surface area contributed by atoms with Crippen LogP contribution in [0.4, 0.5) is 11.4 Å². The zero-order valence-corrected chi connectivity index (χ0v) is 23.3. The molecule has 0 aliphatic heterocycles. The van der Waals surface area contributed by atoms with Crippen LogP contribution >= 0.6 is 17.4 Å². The van der Waals surface area contributed by atoms with Gasteiger partial charge in [-0.05, 0) is 77.6 Å². The van der Waals surface area contributed by atoms with Gasteiger partial charge in [0.15, 0.2) is 0 Å². The molecule has 0 saturated carbocycles. The van der Waals surface area contributed by atoms with Crippen molar-refractivity contribution in [3.8, 4) is 0 Å². The number of rotatable bonds is 3. The average Bonchev–Trinajstić information content (AvgIpc) is 2.53. The predicted molar refractivity (Wildman–Crippen MR) is 124 cm³/mol. The molecule has 0 spiro atoms. The topological polar surface area (TPSA) is 24.7 Å². The van der Waals surface area contributed by atoms with E-state index in [2.05, 4.69) is 65.8 Å². The Hall–Kier alpha value is 0.000649. The molecule has 2 aromatic carbocycles. The van der Waals surface area contributed by atoms with Crippen molar-refractivity contribution in [3.63, 3.8) is 0 Å². The summed E-state index contributed by atoms with van der Waals surface area (Å²) in [6, 6.07) is 8.72. The van der Waals surface area contributed by atoms with Crippen LogP contribution < -0.4 is 0 Å². The molecule has 2 aromatic rings. The van der Waals surface area contributed by atoms with Gasteiger partial charge in [-0.1, -0.05) is 35.4 Å². The molecule has 0 bridgehead atoms. The summed E-state index contributed by atoms with van der Waals surface area (Å²) < 4.78 is 0. The van der Waals surface area contributed by atoms with Gasteiger partial charge in [-0.2, -0.15) is 0 Å².